The van der Waals surface area contributed by atoms with Gasteiger partial charge in [0.15, 0.2) is 9.84 Å². The predicted octanol–water partition coefficient (Wildman–Crippen LogP) is 4.09. The maximum atomic E-state index is 12.6. The van der Waals surface area contributed by atoms with Gasteiger partial charge in [-0.2, -0.15) is 0 Å². The highest BCUT2D eigenvalue weighted by Crippen LogP contribution is 2.29. The molecule has 2 aromatic rings. The largest absolute Gasteiger partial charge is 0.321 e. The predicted molar refractivity (Wildman–Crippen MR) is 109 cm³/mol. The third-order valence-electron chi connectivity index (χ3n) is 3.87. The molecule has 0 aliphatic rings. The molecule has 0 fully saturated rings. The number of sulfone groups is 1. The molecule has 1 aromatic heterocycles. The maximum absolute atomic E-state index is 12.6. The Kier molecular flexibility index (Phi) is 6.11. The number of thiophene rings is 1. The molecule has 1 heterocycles. The smallest absolute Gasteiger partial charge is 0.266 e. The minimum absolute atomic E-state index is 0.00866. The average molecular weight is 409 g/mol. The fraction of sp³-hybridized carbons (Fsp3) is 0.368. The van der Waals surface area contributed by atoms with Gasteiger partial charge in [-0.3, -0.25) is 9.59 Å². The van der Waals surface area contributed by atoms with Crippen LogP contribution >= 0.6 is 11.3 Å². The van der Waals surface area contributed by atoms with Gasteiger partial charge in [-0.1, -0.05) is 33.8 Å². The Labute approximate surface area is 163 Å². The van der Waals surface area contributed by atoms with Crippen LogP contribution in [0.25, 0.3) is 0 Å². The molecule has 0 saturated heterocycles. The summed E-state index contributed by atoms with van der Waals surface area (Å²) in [5, 5.41) is 6.14. The second-order valence-electron chi connectivity index (χ2n) is 7.21. The van der Waals surface area contributed by atoms with E-state index in [9.17, 15) is 18.0 Å². The van der Waals surface area contributed by atoms with Gasteiger partial charge in [0.05, 0.1) is 20.5 Å². The molecular weight excluding hydrogens is 384 g/mol. The lowest BCUT2D eigenvalue weighted by atomic mass is 9.96. The third-order valence-corrected chi connectivity index (χ3v) is 6.76. The Bertz CT molecular complexity index is 970. The van der Waals surface area contributed by atoms with Gasteiger partial charge in [-0.25, -0.2) is 8.42 Å². The zero-order valence-corrected chi connectivity index (χ0v) is 17.7. The number of rotatable bonds is 5. The van der Waals surface area contributed by atoms with E-state index in [1.807, 2.05) is 20.8 Å². The highest BCUT2D eigenvalue weighted by atomic mass is 32.2. The Morgan fingerprint density at radius 3 is 2.37 bits per heavy atom. The topological polar surface area (TPSA) is 92.3 Å². The summed E-state index contributed by atoms with van der Waals surface area (Å²) >= 11 is 1.18. The molecule has 0 aliphatic carbocycles. The second kappa shape index (κ2) is 7.82. The molecule has 2 amide bonds. The summed E-state index contributed by atoms with van der Waals surface area (Å²) in [6.07, 6.45) is 0. The first-order valence-corrected chi connectivity index (χ1v) is 11.0. The van der Waals surface area contributed by atoms with Gasteiger partial charge < -0.3 is 10.6 Å². The van der Waals surface area contributed by atoms with Gasteiger partial charge in [-0.15, -0.1) is 11.3 Å². The van der Waals surface area contributed by atoms with Crippen LogP contribution in [0.15, 0.2) is 35.2 Å². The molecule has 2 N–H and O–H groups in total. The highest BCUT2D eigenvalue weighted by molar-refractivity contribution is 7.91. The number of aryl methyl sites for hydroxylation is 1. The van der Waals surface area contributed by atoms with Gasteiger partial charge in [0, 0.05) is 11.1 Å². The minimum atomic E-state index is -3.35. The average Bonchev–Trinajstić information content (AvgIpc) is 2.94. The van der Waals surface area contributed by atoms with Crippen molar-refractivity contribution in [1.82, 2.24) is 0 Å². The van der Waals surface area contributed by atoms with Gasteiger partial charge >= 0.3 is 0 Å². The Balaban J connectivity index is 2.20. The molecule has 0 unspecified atom stereocenters. The zero-order valence-electron chi connectivity index (χ0n) is 16.0. The highest BCUT2D eigenvalue weighted by Gasteiger charge is 2.23. The molecule has 0 aliphatic heterocycles. The van der Waals surface area contributed by atoms with E-state index >= 15 is 0 Å². The number of hydrogen-bond acceptors (Lipinski definition) is 5. The molecule has 0 spiro atoms. The summed E-state index contributed by atoms with van der Waals surface area (Å²) in [7, 11) is -3.35. The Hall–Kier alpha value is -2.19. The van der Waals surface area contributed by atoms with E-state index in [0.717, 1.165) is 5.56 Å². The third kappa shape index (κ3) is 5.17. The van der Waals surface area contributed by atoms with Crippen LogP contribution in [0.2, 0.25) is 0 Å². The monoisotopic (exact) mass is 408 g/mol. The Morgan fingerprint density at radius 1 is 1.11 bits per heavy atom. The first-order valence-electron chi connectivity index (χ1n) is 8.50. The zero-order chi connectivity index (χ0) is 20.4. The summed E-state index contributed by atoms with van der Waals surface area (Å²) in [4.78, 5) is 25.3. The van der Waals surface area contributed by atoms with Crippen LogP contribution in [0.3, 0.4) is 0 Å². The van der Waals surface area contributed by atoms with Crippen LogP contribution < -0.4 is 10.6 Å². The van der Waals surface area contributed by atoms with Crippen LogP contribution in [0.4, 0.5) is 10.7 Å². The molecule has 6 nitrogen and oxygen atoms in total. The fourth-order valence-electron chi connectivity index (χ4n) is 2.19. The van der Waals surface area contributed by atoms with Crippen LogP contribution in [-0.4, -0.2) is 26.0 Å². The fourth-order valence-corrected chi connectivity index (χ4v) is 4.08. The van der Waals surface area contributed by atoms with Crippen molar-refractivity contribution in [3.8, 4) is 0 Å². The van der Waals surface area contributed by atoms with Gasteiger partial charge in [-0.05, 0) is 36.8 Å². The van der Waals surface area contributed by atoms with Crippen molar-refractivity contribution in [2.75, 3.05) is 16.4 Å². The molecular formula is C19H24N2O4S2. The van der Waals surface area contributed by atoms with Gasteiger partial charge in [0.1, 0.15) is 0 Å². The van der Waals surface area contributed by atoms with E-state index < -0.39 is 15.3 Å². The molecule has 0 radical (unpaired) electrons. The molecule has 1 aromatic carbocycles. The molecule has 2 rings (SSSR count). The minimum Gasteiger partial charge on any atom is -0.321 e. The van der Waals surface area contributed by atoms with E-state index in [1.54, 1.807) is 32.0 Å². The molecule has 0 saturated carbocycles. The first kappa shape index (κ1) is 21.1. The number of anilines is 2. The lowest BCUT2D eigenvalue weighted by Gasteiger charge is -2.16. The van der Waals surface area contributed by atoms with Crippen LogP contribution in [0.5, 0.6) is 0 Å². The van der Waals surface area contributed by atoms with E-state index in [2.05, 4.69) is 10.6 Å². The van der Waals surface area contributed by atoms with Crippen molar-refractivity contribution in [2.24, 2.45) is 5.41 Å². The van der Waals surface area contributed by atoms with Crippen molar-refractivity contribution in [3.63, 3.8) is 0 Å². The summed E-state index contributed by atoms with van der Waals surface area (Å²) in [5.41, 5.74) is 0.604. The maximum Gasteiger partial charge on any atom is 0.266 e. The number of benzene rings is 1. The molecule has 146 valence electrons. The van der Waals surface area contributed by atoms with Crippen molar-refractivity contribution in [1.29, 1.82) is 0 Å². The number of amides is 2. The van der Waals surface area contributed by atoms with Crippen LogP contribution in [-0.2, 0) is 14.6 Å². The van der Waals surface area contributed by atoms with Crippen LogP contribution in [0.1, 0.15) is 42.9 Å². The first-order chi connectivity index (χ1) is 12.4. The summed E-state index contributed by atoms with van der Waals surface area (Å²) in [6, 6.07) is 7.93. The normalized spacial score (nSPS) is 11.9. The van der Waals surface area contributed by atoms with Crippen molar-refractivity contribution < 1.29 is 18.0 Å². The van der Waals surface area contributed by atoms with Crippen LogP contribution in [0, 0.1) is 12.3 Å². The number of nitrogens with one attached hydrogen (secondary N) is 2. The van der Waals surface area contributed by atoms with E-state index in [4.69, 9.17) is 0 Å². The SMILES string of the molecule is CCS(=O)(=O)c1cccc(NC(=O)c2sc(NC(=O)C(C)(C)C)cc2C)c1. The van der Waals surface area contributed by atoms with E-state index in [-0.39, 0.29) is 22.5 Å². The van der Waals surface area contributed by atoms with Gasteiger partial charge in [0.2, 0.25) is 5.91 Å². The number of hydrogen-bond donors (Lipinski definition) is 2. The lowest BCUT2D eigenvalue weighted by Crippen LogP contribution is -2.27. The summed E-state index contributed by atoms with van der Waals surface area (Å²) < 4.78 is 24.0. The molecule has 27 heavy (non-hydrogen) atoms. The van der Waals surface area contributed by atoms with Crippen molar-refractivity contribution in [3.05, 3.63) is 40.8 Å². The standard InChI is InChI=1S/C19H24N2O4S2/c1-6-27(24,25)14-9-7-8-13(11-14)20-17(22)16-12(2)10-15(26-16)21-18(23)19(3,4)5/h7-11H,6H2,1-5H3,(H,20,22)(H,21,23). The second-order valence-corrected chi connectivity index (χ2v) is 10.5. The van der Waals surface area contributed by atoms with Crippen molar-refractivity contribution >= 4 is 43.7 Å². The number of carbonyl (C=O) groups is 2. The molecule has 8 heteroatoms. The lowest BCUT2D eigenvalue weighted by molar-refractivity contribution is -0.123. The summed E-state index contributed by atoms with van der Waals surface area (Å²) in [6.45, 7) is 8.80. The van der Waals surface area contributed by atoms with E-state index in [0.29, 0.717) is 15.6 Å². The van der Waals surface area contributed by atoms with Gasteiger partial charge in [0.25, 0.3) is 5.91 Å². The van der Waals surface area contributed by atoms with E-state index in [1.165, 1.54) is 23.5 Å². The summed E-state index contributed by atoms with van der Waals surface area (Å²) in [5.74, 6) is -0.487. The Morgan fingerprint density at radius 2 is 1.78 bits per heavy atom. The van der Waals surface area contributed by atoms with Crippen molar-refractivity contribution in [2.45, 2.75) is 39.5 Å². The molecule has 0 bridgehead atoms. The molecule has 0 atom stereocenters. The number of carbonyl (C=O) groups excluding carboxylic acids is 2. The quantitative estimate of drug-likeness (QED) is 0.779.